The maximum atomic E-state index is 13.3. The zero-order chi connectivity index (χ0) is 11.0. The number of rotatable bonds is 1. The van der Waals surface area contributed by atoms with E-state index in [0.29, 0.717) is 10.2 Å². The quantitative estimate of drug-likeness (QED) is 0.821. The van der Waals surface area contributed by atoms with Crippen molar-refractivity contribution in [3.63, 3.8) is 0 Å². The summed E-state index contributed by atoms with van der Waals surface area (Å²) in [7, 11) is 0. The van der Waals surface area contributed by atoms with E-state index >= 15 is 0 Å². The number of halogens is 2. The van der Waals surface area contributed by atoms with E-state index in [4.69, 9.17) is 12.2 Å². The highest BCUT2D eigenvalue weighted by Crippen LogP contribution is 2.22. The second kappa shape index (κ2) is 3.82. The van der Waals surface area contributed by atoms with Crippen LogP contribution >= 0.6 is 28.1 Å². The van der Waals surface area contributed by atoms with E-state index in [0.717, 1.165) is 5.56 Å². The van der Waals surface area contributed by atoms with Gasteiger partial charge in [0, 0.05) is 6.07 Å². The molecule has 0 radical (unpaired) electrons. The average Bonchev–Trinajstić information content (AvgIpc) is 2.58. The molecule has 1 heterocycles. The summed E-state index contributed by atoms with van der Waals surface area (Å²) >= 11 is 8.04. The maximum Gasteiger partial charge on any atom is 0.242 e. The van der Waals surface area contributed by atoms with Gasteiger partial charge >= 0.3 is 0 Å². The van der Waals surface area contributed by atoms with Crippen molar-refractivity contribution in [1.82, 2.24) is 20.2 Å². The lowest BCUT2D eigenvalue weighted by atomic mass is 10.2. The third-order valence-corrected chi connectivity index (χ3v) is 2.82. The average molecular weight is 289 g/mol. The summed E-state index contributed by atoms with van der Waals surface area (Å²) in [6.45, 7) is 1.85. The number of hydrogen-bond donors (Lipinski definition) is 1. The van der Waals surface area contributed by atoms with Crippen LogP contribution in [-0.4, -0.2) is 20.2 Å². The van der Waals surface area contributed by atoms with E-state index < -0.39 is 0 Å². The minimum Gasteiger partial charge on any atom is -0.209 e. The zero-order valence-corrected chi connectivity index (χ0v) is 10.1. The fourth-order valence-corrected chi connectivity index (χ4v) is 1.87. The SMILES string of the molecule is Cc1cc(Br)c(F)cc1-n1[nH]nnc1=S. The van der Waals surface area contributed by atoms with Crippen LogP contribution < -0.4 is 0 Å². The van der Waals surface area contributed by atoms with Gasteiger partial charge in [-0.25, -0.2) is 9.07 Å². The molecule has 0 fully saturated rings. The minimum atomic E-state index is -0.355. The summed E-state index contributed by atoms with van der Waals surface area (Å²) < 4.78 is 15.5. The molecule has 7 heteroatoms. The topological polar surface area (TPSA) is 46.5 Å². The van der Waals surface area contributed by atoms with Crippen molar-refractivity contribution in [3.05, 3.63) is 32.8 Å². The van der Waals surface area contributed by atoms with E-state index in [1.807, 2.05) is 6.92 Å². The van der Waals surface area contributed by atoms with Gasteiger partial charge in [-0.15, -0.1) is 0 Å². The lowest BCUT2D eigenvalue weighted by molar-refractivity contribution is 0.617. The molecule has 0 amide bonds. The molecule has 1 aromatic heterocycles. The van der Waals surface area contributed by atoms with Gasteiger partial charge in [-0.05, 0) is 46.7 Å². The predicted octanol–water partition coefficient (Wildman–Crippen LogP) is 2.53. The normalized spacial score (nSPS) is 10.6. The van der Waals surface area contributed by atoms with Crippen molar-refractivity contribution < 1.29 is 4.39 Å². The first-order chi connectivity index (χ1) is 7.09. The molecule has 4 nitrogen and oxygen atoms in total. The summed E-state index contributed by atoms with van der Waals surface area (Å²) in [6, 6.07) is 3.04. The fraction of sp³-hybridized carbons (Fsp3) is 0.125. The largest absolute Gasteiger partial charge is 0.242 e. The number of benzene rings is 1. The molecule has 0 aliphatic rings. The maximum absolute atomic E-state index is 13.3. The van der Waals surface area contributed by atoms with Gasteiger partial charge < -0.3 is 0 Å². The van der Waals surface area contributed by atoms with E-state index in [-0.39, 0.29) is 10.6 Å². The minimum absolute atomic E-state index is 0.264. The molecule has 0 unspecified atom stereocenters. The van der Waals surface area contributed by atoms with Crippen LogP contribution in [0.4, 0.5) is 4.39 Å². The molecule has 0 aliphatic heterocycles. The first-order valence-electron chi connectivity index (χ1n) is 4.05. The Kier molecular flexibility index (Phi) is 2.66. The van der Waals surface area contributed by atoms with Crippen LogP contribution in [0.1, 0.15) is 5.56 Å². The number of aryl methyl sites for hydroxylation is 1. The van der Waals surface area contributed by atoms with Crippen LogP contribution in [0.2, 0.25) is 0 Å². The molecular formula is C8H6BrFN4S. The van der Waals surface area contributed by atoms with Crippen LogP contribution in [0.15, 0.2) is 16.6 Å². The van der Waals surface area contributed by atoms with Crippen LogP contribution in [0.25, 0.3) is 5.69 Å². The molecule has 0 bridgehead atoms. The molecule has 0 spiro atoms. The van der Waals surface area contributed by atoms with Crippen LogP contribution in [0.5, 0.6) is 0 Å². The summed E-state index contributed by atoms with van der Waals surface area (Å²) in [6.07, 6.45) is 0. The summed E-state index contributed by atoms with van der Waals surface area (Å²) in [4.78, 5) is 0. The van der Waals surface area contributed by atoms with E-state index in [9.17, 15) is 4.39 Å². The molecule has 0 atom stereocenters. The molecule has 2 rings (SSSR count). The Morgan fingerprint density at radius 3 is 2.87 bits per heavy atom. The lowest BCUT2D eigenvalue weighted by Gasteiger charge is -2.06. The summed E-state index contributed by atoms with van der Waals surface area (Å²) in [5, 5.41) is 9.74. The molecular weight excluding hydrogens is 283 g/mol. The van der Waals surface area contributed by atoms with Crippen LogP contribution in [0.3, 0.4) is 0 Å². The Balaban J connectivity index is 2.69. The molecule has 78 valence electrons. The fourth-order valence-electron chi connectivity index (χ4n) is 1.23. The number of nitrogens with one attached hydrogen (secondary N) is 1. The highest BCUT2D eigenvalue weighted by molar-refractivity contribution is 9.10. The molecule has 0 saturated carbocycles. The monoisotopic (exact) mass is 288 g/mol. The van der Waals surface area contributed by atoms with E-state index in [2.05, 4.69) is 31.5 Å². The van der Waals surface area contributed by atoms with Gasteiger partial charge in [0.05, 0.1) is 10.2 Å². The van der Waals surface area contributed by atoms with Crippen molar-refractivity contribution in [1.29, 1.82) is 0 Å². The van der Waals surface area contributed by atoms with Gasteiger partial charge in [0.25, 0.3) is 0 Å². The molecule has 1 N–H and O–H groups in total. The number of hydrogen-bond acceptors (Lipinski definition) is 3. The first kappa shape index (κ1) is 10.4. The Hall–Kier alpha value is -1.08. The summed E-state index contributed by atoms with van der Waals surface area (Å²) in [5.41, 5.74) is 1.47. The van der Waals surface area contributed by atoms with Gasteiger partial charge in [0.15, 0.2) is 0 Å². The standard InChI is InChI=1S/C8H6BrFN4S/c1-4-2-5(9)6(10)3-7(4)14-8(15)11-12-13-14/h2-3H,1H3,(H,11,13,15). The van der Waals surface area contributed by atoms with Crippen LogP contribution in [0, 0.1) is 17.5 Å². The molecule has 2 aromatic rings. The molecule has 0 aliphatic carbocycles. The number of nitrogens with zero attached hydrogens (tertiary/aromatic N) is 3. The third-order valence-electron chi connectivity index (χ3n) is 1.95. The molecule has 0 saturated heterocycles. The Bertz CT molecular complexity index is 562. The number of aromatic nitrogens is 4. The second-order valence-electron chi connectivity index (χ2n) is 2.97. The number of tetrazole rings is 1. The molecule has 1 aromatic carbocycles. The van der Waals surface area contributed by atoms with E-state index in [1.165, 1.54) is 10.7 Å². The predicted molar refractivity (Wildman–Crippen MR) is 58.9 cm³/mol. The van der Waals surface area contributed by atoms with Crippen molar-refractivity contribution >= 4 is 28.1 Å². The highest BCUT2D eigenvalue weighted by atomic mass is 79.9. The summed E-state index contributed by atoms with van der Waals surface area (Å²) in [5.74, 6) is -0.355. The van der Waals surface area contributed by atoms with Gasteiger partial charge in [0.1, 0.15) is 5.82 Å². The van der Waals surface area contributed by atoms with Gasteiger partial charge in [-0.3, -0.25) is 0 Å². The zero-order valence-electron chi connectivity index (χ0n) is 7.66. The number of H-pyrrole nitrogens is 1. The highest BCUT2D eigenvalue weighted by Gasteiger charge is 2.08. The number of aromatic amines is 1. The first-order valence-corrected chi connectivity index (χ1v) is 5.26. The van der Waals surface area contributed by atoms with Crippen molar-refractivity contribution in [2.24, 2.45) is 0 Å². The lowest BCUT2D eigenvalue weighted by Crippen LogP contribution is -2.00. The smallest absolute Gasteiger partial charge is 0.209 e. The van der Waals surface area contributed by atoms with Crippen molar-refractivity contribution in [2.75, 3.05) is 0 Å². The van der Waals surface area contributed by atoms with Gasteiger partial charge in [-0.1, -0.05) is 10.3 Å². The van der Waals surface area contributed by atoms with Crippen LogP contribution in [-0.2, 0) is 0 Å². The van der Waals surface area contributed by atoms with Gasteiger partial charge in [0.2, 0.25) is 4.77 Å². The Morgan fingerprint density at radius 2 is 2.27 bits per heavy atom. The van der Waals surface area contributed by atoms with Crippen molar-refractivity contribution in [2.45, 2.75) is 6.92 Å². The van der Waals surface area contributed by atoms with Crippen molar-refractivity contribution in [3.8, 4) is 5.69 Å². The third kappa shape index (κ3) is 1.84. The molecule has 15 heavy (non-hydrogen) atoms. The Labute approximate surface area is 98.2 Å². The van der Waals surface area contributed by atoms with Gasteiger partial charge in [-0.2, -0.15) is 5.21 Å². The van der Waals surface area contributed by atoms with E-state index in [1.54, 1.807) is 6.07 Å². The second-order valence-corrected chi connectivity index (χ2v) is 4.19. The Morgan fingerprint density at radius 1 is 1.53 bits per heavy atom.